The van der Waals surface area contributed by atoms with Gasteiger partial charge < -0.3 is 9.47 Å². The first-order valence-electron chi connectivity index (χ1n) is 20.1. The van der Waals surface area contributed by atoms with Crippen LogP contribution in [0.1, 0.15) is 23.3 Å². The van der Waals surface area contributed by atoms with E-state index >= 15 is 0 Å². The van der Waals surface area contributed by atoms with E-state index < -0.39 is 0 Å². The molecular formula is C52H32N6O2. The summed E-state index contributed by atoms with van der Waals surface area (Å²) in [5.41, 5.74) is 9.99. The molecule has 4 aromatic heterocycles. The van der Waals surface area contributed by atoms with Crippen molar-refractivity contribution in [2.45, 2.75) is 12.2 Å². The fraction of sp³-hybridized carbons (Fsp3) is 0.0385. The Morgan fingerprint density at radius 2 is 0.950 bits per heavy atom. The van der Waals surface area contributed by atoms with E-state index in [1.165, 1.54) is 0 Å². The number of benzene rings is 7. The van der Waals surface area contributed by atoms with Crippen molar-refractivity contribution in [1.82, 2.24) is 29.1 Å². The van der Waals surface area contributed by atoms with Gasteiger partial charge in [0.2, 0.25) is 5.95 Å². The van der Waals surface area contributed by atoms with Gasteiger partial charge >= 0.3 is 0 Å². The molecule has 8 nitrogen and oxygen atoms in total. The Kier molecular flexibility index (Phi) is 6.97. The van der Waals surface area contributed by atoms with Crippen molar-refractivity contribution in [2.24, 2.45) is 0 Å². The molecule has 0 radical (unpaired) electrons. The fourth-order valence-electron chi connectivity index (χ4n) is 9.29. The van der Waals surface area contributed by atoms with Gasteiger partial charge in [-0.3, -0.25) is 9.13 Å². The van der Waals surface area contributed by atoms with Crippen molar-refractivity contribution >= 4 is 43.6 Å². The van der Waals surface area contributed by atoms with Crippen molar-refractivity contribution in [1.29, 1.82) is 0 Å². The highest BCUT2D eigenvalue weighted by Gasteiger charge is 2.44. The summed E-state index contributed by atoms with van der Waals surface area (Å²) >= 11 is 0. The van der Waals surface area contributed by atoms with Crippen molar-refractivity contribution in [3.63, 3.8) is 0 Å². The lowest BCUT2D eigenvalue weighted by molar-refractivity contribution is 0.123. The zero-order chi connectivity index (χ0) is 39.3. The van der Waals surface area contributed by atoms with Gasteiger partial charge in [-0.15, -0.1) is 0 Å². The molecule has 0 amide bonds. The first-order chi connectivity index (χ1) is 29.7. The minimum absolute atomic E-state index is 0.145. The van der Waals surface area contributed by atoms with Gasteiger partial charge in [0.15, 0.2) is 23.9 Å². The van der Waals surface area contributed by atoms with Crippen LogP contribution in [0.25, 0.3) is 89.4 Å². The van der Waals surface area contributed by atoms with Gasteiger partial charge in [0.05, 0.1) is 27.8 Å². The monoisotopic (exact) mass is 772 g/mol. The van der Waals surface area contributed by atoms with Crippen LogP contribution >= 0.6 is 0 Å². The third-order valence-electron chi connectivity index (χ3n) is 11.9. The minimum Gasteiger partial charge on any atom is -0.481 e. The number of hydrogen-bond acceptors (Lipinski definition) is 6. The molecule has 0 N–H and O–H groups in total. The first-order valence-corrected chi connectivity index (χ1v) is 20.1. The second-order valence-electron chi connectivity index (χ2n) is 15.3. The fourth-order valence-corrected chi connectivity index (χ4v) is 9.29. The summed E-state index contributed by atoms with van der Waals surface area (Å²) < 4.78 is 17.3. The molecule has 0 spiro atoms. The van der Waals surface area contributed by atoms with Gasteiger partial charge in [-0.1, -0.05) is 133 Å². The van der Waals surface area contributed by atoms with Crippen LogP contribution in [0.4, 0.5) is 0 Å². The van der Waals surface area contributed by atoms with Gasteiger partial charge in [0, 0.05) is 49.4 Å². The molecular weight excluding hydrogens is 741 g/mol. The van der Waals surface area contributed by atoms with E-state index in [9.17, 15) is 0 Å². The number of nitrogens with zero attached hydrogens (tertiary/aromatic N) is 6. The van der Waals surface area contributed by atoms with E-state index in [-0.39, 0.29) is 12.2 Å². The van der Waals surface area contributed by atoms with E-state index in [1.54, 1.807) is 0 Å². The van der Waals surface area contributed by atoms with Crippen LogP contribution in [0, 0.1) is 0 Å². The molecule has 2 aliphatic heterocycles. The Bertz CT molecular complexity index is 3460. The van der Waals surface area contributed by atoms with Crippen molar-refractivity contribution < 1.29 is 9.47 Å². The molecule has 0 fully saturated rings. The molecule has 2 atom stereocenters. The molecule has 0 saturated carbocycles. The summed E-state index contributed by atoms with van der Waals surface area (Å²) in [6, 6.07) is 62.5. The highest BCUT2D eigenvalue weighted by atomic mass is 16.6. The quantitative estimate of drug-likeness (QED) is 0.173. The van der Waals surface area contributed by atoms with Crippen LogP contribution in [-0.4, -0.2) is 29.1 Å². The molecule has 2 unspecified atom stereocenters. The van der Waals surface area contributed by atoms with Crippen LogP contribution in [0.3, 0.4) is 0 Å². The second kappa shape index (κ2) is 12.7. The van der Waals surface area contributed by atoms with Crippen LogP contribution in [-0.2, 0) is 0 Å². The molecule has 60 heavy (non-hydrogen) atoms. The van der Waals surface area contributed by atoms with Crippen LogP contribution < -0.4 is 9.47 Å². The molecule has 0 aliphatic carbocycles. The molecule has 7 aromatic carbocycles. The molecule has 282 valence electrons. The Morgan fingerprint density at radius 1 is 0.383 bits per heavy atom. The van der Waals surface area contributed by atoms with Crippen LogP contribution in [0.5, 0.6) is 11.5 Å². The summed E-state index contributed by atoms with van der Waals surface area (Å²) in [7, 11) is 0. The smallest absolute Gasteiger partial charge is 0.238 e. The Hall–Kier alpha value is -8.10. The van der Waals surface area contributed by atoms with Crippen molar-refractivity contribution in [3.05, 3.63) is 193 Å². The third-order valence-corrected chi connectivity index (χ3v) is 11.9. The Balaban J connectivity index is 0.989. The molecule has 2 aliphatic rings. The van der Waals surface area contributed by atoms with Gasteiger partial charge in [-0.2, -0.15) is 9.97 Å². The standard InChI is InChI=1S/C52H32N6O2/c1-3-14-31(15-4-1)50-54-51(32-16-5-2-6-17-32)56-52(55-50)58-40-23-11-8-19-35(40)47-42(58)29-28-41-46(47)34-18-7-10-22-39(34)57(41)45-25-13-21-38(53-45)33-26-27-37-44(30-33)60-48-36-20-9-12-24-43(36)59-49(37)48/h1-30,48-49H. The van der Waals surface area contributed by atoms with E-state index in [2.05, 4.69) is 112 Å². The van der Waals surface area contributed by atoms with E-state index in [1.807, 2.05) is 78.9 Å². The minimum atomic E-state index is -0.145. The van der Waals surface area contributed by atoms with Gasteiger partial charge in [-0.25, -0.2) is 9.97 Å². The van der Waals surface area contributed by atoms with Gasteiger partial charge in [0.25, 0.3) is 0 Å². The molecule has 6 heterocycles. The highest BCUT2D eigenvalue weighted by molar-refractivity contribution is 6.28. The SMILES string of the molecule is c1ccc(-c2nc(-c3ccccc3)nc(-n3c4ccccc4c4c5c6ccccc6n(-c6cccc(-c7ccc8c(c7)OC7c9ccccc9OC87)n6)c5ccc43)n2)cc1. The van der Waals surface area contributed by atoms with Crippen LogP contribution in [0.2, 0.25) is 0 Å². The average molecular weight is 773 g/mol. The van der Waals surface area contributed by atoms with E-state index in [0.717, 1.165) is 94.4 Å². The largest absolute Gasteiger partial charge is 0.481 e. The molecule has 0 saturated heterocycles. The lowest BCUT2D eigenvalue weighted by atomic mass is 10.0. The summed E-state index contributed by atoms with van der Waals surface area (Å²) in [4.78, 5) is 20.6. The van der Waals surface area contributed by atoms with E-state index in [4.69, 9.17) is 29.4 Å². The number of rotatable bonds is 5. The summed E-state index contributed by atoms with van der Waals surface area (Å²) in [6.45, 7) is 0. The molecule has 0 bridgehead atoms. The lowest BCUT2D eigenvalue weighted by Crippen LogP contribution is -2.06. The third kappa shape index (κ3) is 4.85. The maximum atomic E-state index is 6.53. The Morgan fingerprint density at radius 3 is 1.65 bits per heavy atom. The zero-order valence-corrected chi connectivity index (χ0v) is 32.0. The predicted molar refractivity (Wildman–Crippen MR) is 236 cm³/mol. The highest BCUT2D eigenvalue weighted by Crippen LogP contribution is 2.54. The number of hydrogen-bond donors (Lipinski definition) is 0. The topological polar surface area (TPSA) is 79.9 Å². The van der Waals surface area contributed by atoms with Gasteiger partial charge in [0.1, 0.15) is 17.3 Å². The maximum absolute atomic E-state index is 6.53. The molecule has 8 heteroatoms. The van der Waals surface area contributed by atoms with Crippen LogP contribution in [0.15, 0.2) is 182 Å². The summed E-state index contributed by atoms with van der Waals surface area (Å²) in [6.07, 6.45) is -0.291. The first kappa shape index (κ1) is 32.9. The number of aromatic nitrogens is 6. The predicted octanol–water partition coefficient (Wildman–Crippen LogP) is 12.0. The Labute approximate surface area is 343 Å². The zero-order valence-electron chi connectivity index (χ0n) is 32.0. The van der Waals surface area contributed by atoms with E-state index in [0.29, 0.717) is 17.6 Å². The maximum Gasteiger partial charge on any atom is 0.238 e. The van der Waals surface area contributed by atoms with Gasteiger partial charge in [-0.05, 0) is 48.5 Å². The van der Waals surface area contributed by atoms with Crippen molar-refractivity contribution in [2.75, 3.05) is 0 Å². The average Bonchev–Trinajstić information content (AvgIpc) is 4.06. The number of pyridine rings is 1. The van der Waals surface area contributed by atoms with Crippen molar-refractivity contribution in [3.8, 4) is 57.3 Å². The summed E-state index contributed by atoms with van der Waals surface area (Å²) in [5, 5.41) is 4.52. The molecule has 13 rings (SSSR count). The number of ether oxygens (including phenoxy) is 2. The normalized spacial score (nSPS) is 15.3. The molecule has 11 aromatic rings. The lowest BCUT2D eigenvalue weighted by Gasteiger charge is -2.12. The number of para-hydroxylation sites is 3. The number of fused-ring (bicyclic) bond motifs is 12. The summed E-state index contributed by atoms with van der Waals surface area (Å²) in [5.74, 6) is 4.35. The second-order valence-corrected chi connectivity index (χ2v) is 15.3.